The van der Waals surface area contributed by atoms with E-state index in [1.165, 1.54) is 6.26 Å². The number of nitrogens with zero attached hydrogens (tertiary/aromatic N) is 1. The van der Waals surface area contributed by atoms with Gasteiger partial charge in [-0.25, -0.2) is 8.42 Å². The van der Waals surface area contributed by atoms with Crippen molar-refractivity contribution in [2.45, 2.75) is 18.4 Å². The fourth-order valence-corrected chi connectivity index (χ4v) is 4.51. The van der Waals surface area contributed by atoms with E-state index in [2.05, 4.69) is 0 Å². The molecule has 1 saturated heterocycles. The maximum Gasteiger partial charge on any atom is 0.164 e. The van der Waals surface area contributed by atoms with Crippen LogP contribution < -0.4 is 0 Å². The van der Waals surface area contributed by atoms with Crippen LogP contribution in [0.25, 0.3) is 0 Å². The summed E-state index contributed by atoms with van der Waals surface area (Å²) >= 11 is 1.66. The molecule has 0 aliphatic carbocycles. The molecule has 0 aromatic heterocycles. The van der Waals surface area contributed by atoms with E-state index in [1.54, 1.807) is 18.7 Å². The second kappa shape index (κ2) is 4.83. The van der Waals surface area contributed by atoms with Crippen LogP contribution in [0, 0.1) is 0 Å². The molecular weight excluding hydrogens is 222 g/mol. The van der Waals surface area contributed by atoms with Crippen molar-refractivity contribution in [3.05, 3.63) is 0 Å². The second-order valence-electron chi connectivity index (χ2n) is 3.70. The number of sulfone groups is 1. The van der Waals surface area contributed by atoms with Crippen molar-refractivity contribution in [1.29, 1.82) is 0 Å². The van der Waals surface area contributed by atoms with E-state index in [4.69, 9.17) is 0 Å². The van der Waals surface area contributed by atoms with Gasteiger partial charge in [0.15, 0.2) is 9.84 Å². The van der Waals surface area contributed by atoms with E-state index in [1.807, 2.05) is 4.90 Å². The van der Waals surface area contributed by atoms with Gasteiger partial charge in [-0.05, 0) is 6.92 Å². The monoisotopic (exact) mass is 239 g/mol. The SMILES string of the molecule is CC(O)CN1CCSCC1S(C)(=O)=O. The highest BCUT2D eigenvalue weighted by Crippen LogP contribution is 2.20. The highest BCUT2D eigenvalue weighted by molar-refractivity contribution is 8.00. The summed E-state index contributed by atoms with van der Waals surface area (Å²) in [6.45, 7) is 2.87. The zero-order chi connectivity index (χ0) is 10.8. The van der Waals surface area contributed by atoms with Crippen LogP contribution >= 0.6 is 11.8 Å². The summed E-state index contributed by atoms with van der Waals surface area (Å²) in [5.41, 5.74) is 0. The first-order chi connectivity index (χ1) is 6.41. The smallest absolute Gasteiger partial charge is 0.164 e. The van der Waals surface area contributed by atoms with Crippen LogP contribution in [0.2, 0.25) is 0 Å². The predicted molar refractivity (Wildman–Crippen MR) is 59.2 cm³/mol. The Bertz CT molecular complexity index is 276. The van der Waals surface area contributed by atoms with Crippen LogP contribution in [-0.2, 0) is 9.84 Å². The Morgan fingerprint density at radius 2 is 2.29 bits per heavy atom. The molecule has 0 aromatic rings. The Kier molecular flexibility index (Phi) is 4.24. The minimum Gasteiger partial charge on any atom is -0.392 e. The largest absolute Gasteiger partial charge is 0.392 e. The lowest BCUT2D eigenvalue weighted by atomic mass is 10.3. The van der Waals surface area contributed by atoms with Crippen molar-refractivity contribution >= 4 is 21.6 Å². The van der Waals surface area contributed by atoms with Crippen LogP contribution in [0.1, 0.15) is 6.92 Å². The Labute approximate surface area is 89.6 Å². The molecule has 1 rings (SSSR count). The summed E-state index contributed by atoms with van der Waals surface area (Å²) in [5.74, 6) is 1.56. The average Bonchev–Trinajstić information content (AvgIpc) is 2.01. The summed E-state index contributed by atoms with van der Waals surface area (Å²) in [6.07, 6.45) is 0.792. The highest BCUT2D eigenvalue weighted by atomic mass is 32.2. The quantitative estimate of drug-likeness (QED) is 0.738. The van der Waals surface area contributed by atoms with Crippen molar-refractivity contribution in [3.8, 4) is 0 Å². The molecular formula is C8H17NO3S2. The average molecular weight is 239 g/mol. The van der Waals surface area contributed by atoms with Gasteiger partial charge in [-0.1, -0.05) is 0 Å². The summed E-state index contributed by atoms with van der Waals surface area (Å²) in [6, 6.07) is 0. The van der Waals surface area contributed by atoms with Gasteiger partial charge in [-0.2, -0.15) is 11.8 Å². The second-order valence-corrected chi connectivity index (χ2v) is 7.06. The van der Waals surface area contributed by atoms with Gasteiger partial charge in [-0.15, -0.1) is 0 Å². The molecule has 0 aromatic carbocycles. The molecule has 2 atom stereocenters. The summed E-state index contributed by atoms with van der Waals surface area (Å²) < 4.78 is 22.9. The van der Waals surface area contributed by atoms with Crippen molar-refractivity contribution in [1.82, 2.24) is 4.90 Å². The van der Waals surface area contributed by atoms with Crippen molar-refractivity contribution in [3.63, 3.8) is 0 Å². The normalized spacial score (nSPS) is 27.5. The first-order valence-electron chi connectivity index (χ1n) is 4.60. The molecule has 4 nitrogen and oxygen atoms in total. The van der Waals surface area contributed by atoms with E-state index >= 15 is 0 Å². The lowest BCUT2D eigenvalue weighted by Crippen LogP contribution is -2.49. The van der Waals surface area contributed by atoms with Crippen molar-refractivity contribution in [2.24, 2.45) is 0 Å². The lowest BCUT2D eigenvalue weighted by molar-refractivity contribution is 0.124. The third kappa shape index (κ3) is 3.42. The molecule has 1 aliphatic rings. The van der Waals surface area contributed by atoms with Crippen LogP contribution in [0.15, 0.2) is 0 Å². The number of aliphatic hydroxyl groups is 1. The molecule has 0 bridgehead atoms. The predicted octanol–water partition coefficient (Wildman–Crippen LogP) is -0.213. The van der Waals surface area contributed by atoms with Gasteiger partial charge in [0, 0.05) is 30.9 Å². The van der Waals surface area contributed by atoms with Crippen LogP contribution in [0.3, 0.4) is 0 Å². The Hall–Kier alpha value is 0.220. The third-order valence-corrected chi connectivity index (χ3v) is 4.87. The first-order valence-corrected chi connectivity index (χ1v) is 7.71. The molecule has 0 spiro atoms. The highest BCUT2D eigenvalue weighted by Gasteiger charge is 2.31. The van der Waals surface area contributed by atoms with Gasteiger partial charge in [0.25, 0.3) is 0 Å². The molecule has 14 heavy (non-hydrogen) atoms. The molecule has 84 valence electrons. The van der Waals surface area contributed by atoms with Gasteiger partial charge < -0.3 is 5.11 Å². The number of hydrogen-bond acceptors (Lipinski definition) is 5. The van der Waals surface area contributed by atoms with Crippen molar-refractivity contribution < 1.29 is 13.5 Å². The molecule has 0 amide bonds. The molecule has 1 aliphatic heterocycles. The van der Waals surface area contributed by atoms with Gasteiger partial charge in [0.1, 0.15) is 5.37 Å². The van der Waals surface area contributed by atoms with Crippen LogP contribution in [-0.4, -0.2) is 60.8 Å². The van der Waals surface area contributed by atoms with E-state index in [9.17, 15) is 13.5 Å². The molecule has 0 saturated carbocycles. The standard InChI is InChI=1S/C8H17NO3S2/c1-7(10)5-9-3-4-13-6-8(9)14(2,11)12/h7-8,10H,3-6H2,1-2H3. The Morgan fingerprint density at radius 1 is 1.64 bits per heavy atom. The fraction of sp³-hybridized carbons (Fsp3) is 1.00. The Morgan fingerprint density at radius 3 is 2.79 bits per heavy atom. The fourth-order valence-electron chi connectivity index (χ4n) is 1.56. The van der Waals surface area contributed by atoms with Crippen molar-refractivity contribution in [2.75, 3.05) is 30.9 Å². The van der Waals surface area contributed by atoms with E-state index in [-0.39, 0.29) is 0 Å². The van der Waals surface area contributed by atoms with Gasteiger partial charge in [-0.3, -0.25) is 4.90 Å². The van der Waals surface area contributed by atoms with Gasteiger partial charge in [0.05, 0.1) is 6.10 Å². The lowest BCUT2D eigenvalue weighted by Gasteiger charge is -2.34. The topological polar surface area (TPSA) is 57.6 Å². The maximum atomic E-state index is 11.4. The number of hydrogen-bond donors (Lipinski definition) is 1. The zero-order valence-electron chi connectivity index (χ0n) is 8.51. The first kappa shape index (κ1) is 12.3. The molecule has 1 heterocycles. The zero-order valence-corrected chi connectivity index (χ0v) is 10.1. The van der Waals surface area contributed by atoms with E-state index < -0.39 is 21.3 Å². The number of thioether (sulfide) groups is 1. The van der Waals surface area contributed by atoms with E-state index in [0.29, 0.717) is 12.3 Å². The van der Waals surface area contributed by atoms with Gasteiger partial charge >= 0.3 is 0 Å². The molecule has 1 N–H and O–H groups in total. The summed E-state index contributed by atoms with van der Waals surface area (Å²) in [5, 5.41) is 8.82. The van der Waals surface area contributed by atoms with Crippen LogP contribution in [0.4, 0.5) is 0 Å². The molecule has 0 radical (unpaired) electrons. The van der Waals surface area contributed by atoms with Crippen LogP contribution in [0.5, 0.6) is 0 Å². The number of aliphatic hydroxyl groups excluding tert-OH is 1. The molecule has 6 heteroatoms. The summed E-state index contributed by atoms with van der Waals surface area (Å²) in [4.78, 5) is 1.86. The number of β-amino-alcohol motifs (C(OH)–C–C–N with tert-alkyl or cyclic N) is 1. The number of rotatable bonds is 3. The van der Waals surface area contributed by atoms with E-state index in [0.717, 1.165) is 12.3 Å². The molecule has 2 unspecified atom stereocenters. The third-order valence-electron chi connectivity index (χ3n) is 2.18. The maximum absolute atomic E-state index is 11.4. The Balaban J connectivity index is 2.69. The van der Waals surface area contributed by atoms with Gasteiger partial charge in [0.2, 0.25) is 0 Å². The molecule has 1 fully saturated rings. The summed E-state index contributed by atoms with van der Waals surface area (Å²) in [7, 11) is -3.03. The minimum atomic E-state index is -3.03. The minimum absolute atomic E-state index is 0.421.